The molecule has 17 heavy (non-hydrogen) atoms. The van der Waals surface area contributed by atoms with Crippen molar-refractivity contribution < 1.29 is 4.43 Å². The number of hydrogen-bond donors (Lipinski definition) is 0. The van der Waals surface area contributed by atoms with E-state index in [-0.39, 0.29) is 0 Å². The predicted molar refractivity (Wildman–Crippen MR) is 85.1 cm³/mol. The molecule has 0 amide bonds. The molecule has 0 radical (unpaired) electrons. The van der Waals surface area contributed by atoms with Crippen LogP contribution in [-0.4, -0.2) is 22.5 Å². The molecular formula is C14H34OSi2. The fourth-order valence-corrected chi connectivity index (χ4v) is 4.55. The molecule has 0 aliphatic rings. The van der Waals surface area contributed by atoms with E-state index in [2.05, 4.69) is 46.2 Å². The molecule has 0 aliphatic heterocycles. The Morgan fingerprint density at radius 3 is 1.82 bits per heavy atom. The zero-order valence-corrected chi connectivity index (χ0v) is 15.2. The fraction of sp³-hybridized carbons (Fsp3) is 1.00. The van der Waals surface area contributed by atoms with Crippen molar-refractivity contribution in [1.29, 1.82) is 0 Å². The van der Waals surface area contributed by atoms with E-state index in [4.69, 9.17) is 4.43 Å². The van der Waals surface area contributed by atoms with Crippen LogP contribution < -0.4 is 0 Å². The zero-order chi connectivity index (χ0) is 13.5. The molecule has 0 saturated heterocycles. The largest absolute Gasteiger partial charge is 0.415 e. The number of hydrogen-bond acceptors (Lipinski definition) is 1. The van der Waals surface area contributed by atoms with Crippen LogP contribution in [0.2, 0.25) is 45.3 Å². The van der Waals surface area contributed by atoms with Gasteiger partial charge in [-0.3, -0.25) is 0 Å². The van der Waals surface area contributed by atoms with Gasteiger partial charge in [-0.2, -0.15) is 0 Å². The van der Waals surface area contributed by atoms with Gasteiger partial charge in [0.1, 0.15) is 0 Å². The van der Waals surface area contributed by atoms with Crippen LogP contribution in [0.15, 0.2) is 0 Å². The Hall–Kier alpha value is 0.394. The fourth-order valence-electron chi connectivity index (χ4n) is 2.05. The minimum Gasteiger partial charge on any atom is -0.415 e. The minimum atomic E-state index is -1.35. The molecular weight excluding hydrogens is 240 g/mol. The van der Waals surface area contributed by atoms with E-state index < -0.39 is 16.4 Å². The van der Waals surface area contributed by atoms with Crippen LogP contribution in [0.5, 0.6) is 0 Å². The normalized spacial score (nSPS) is 15.0. The number of rotatable bonds is 9. The van der Waals surface area contributed by atoms with E-state index in [1.54, 1.807) is 0 Å². The second kappa shape index (κ2) is 7.75. The monoisotopic (exact) mass is 274 g/mol. The summed E-state index contributed by atoms with van der Waals surface area (Å²) in [5.41, 5.74) is 0. The van der Waals surface area contributed by atoms with Gasteiger partial charge in [0.15, 0.2) is 8.32 Å². The molecule has 0 aromatic heterocycles. The molecule has 0 bridgehead atoms. The average molecular weight is 275 g/mol. The van der Waals surface area contributed by atoms with Crippen molar-refractivity contribution in [2.45, 2.75) is 90.5 Å². The summed E-state index contributed by atoms with van der Waals surface area (Å²) in [6, 6.07) is 1.45. The van der Waals surface area contributed by atoms with Crippen molar-refractivity contribution in [2.75, 3.05) is 0 Å². The number of unbranched alkanes of at least 4 members (excludes halogenated alkanes) is 1. The molecule has 1 atom stereocenters. The lowest BCUT2D eigenvalue weighted by Crippen LogP contribution is -2.32. The lowest BCUT2D eigenvalue weighted by atomic mass is 10.1. The summed E-state index contributed by atoms with van der Waals surface area (Å²) in [7, 11) is -2.21. The Bertz CT molecular complexity index is 191. The summed E-state index contributed by atoms with van der Waals surface area (Å²) in [6.45, 7) is 16.6. The molecule has 0 aromatic carbocycles. The van der Waals surface area contributed by atoms with Crippen LogP contribution in [0.1, 0.15) is 39.0 Å². The van der Waals surface area contributed by atoms with Crippen LogP contribution in [-0.2, 0) is 4.43 Å². The Morgan fingerprint density at radius 1 is 0.882 bits per heavy atom. The minimum absolute atomic E-state index is 0.540. The van der Waals surface area contributed by atoms with Crippen LogP contribution in [0, 0.1) is 0 Å². The van der Waals surface area contributed by atoms with Gasteiger partial charge in [-0.15, -0.1) is 0 Å². The van der Waals surface area contributed by atoms with Gasteiger partial charge in [-0.05, 0) is 32.5 Å². The first-order chi connectivity index (χ1) is 7.64. The van der Waals surface area contributed by atoms with E-state index in [9.17, 15) is 0 Å². The second-order valence-corrected chi connectivity index (χ2v) is 17.5. The van der Waals surface area contributed by atoms with Gasteiger partial charge in [0.25, 0.3) is 0 Å². The summed E-state index contributed by atoms with van der Waals surface area (Å²) in [4.78, 5) is 0. The zero-order valence-electron chi connectivity index (χ0n) is 13.2. The van der Waals surface area contributed by atoms with Gasteiger partial charge in [0, 0.05) is 14.2 Å². The first kappa shape index (κ1) is 17.4. The molecule has 0 fully saturated rings. The Kier molecular flexibility index (Phi) is 7.93. The predicted octanol–water partition coefficient (Wildman–Crippen LogP) is 5.52. The highest BCUT2D eigenvalue weighted by Crippen LogP contribution is 2.20. The lowest BCUT2D eigenvalue weighted by molar-refractivity contribution is 0.169. The molecule has 0 spiro atoms. The van der Waals surface area contributed by atoms with Gasteiger partial charge < -0.3 is 4.43 Å². The molecule has 3 heteroatoms. The lowest BCUT2D eigenvalue weighted by Gasteiger charge is -2.27. The van der Waals surface area contributed by atoms with Crippen LogP contribution in [0.25, 0.3) is 0 Å². The van der Waals surface area contributed by atoms with Gasteiger partial charge in [0.05, 0.1) is 0 Å². The summed E-state index contributed by atoms with van der Waals surface area (Å²) in [5.74, 6) is 0. The maximum atomic E-state index is 6.31. The molecule has 0 aliphatic carbocycles. The Labute approximate surface area is 111 Å². The smallest absolute Gasteiger partial charge is 0.184 e. The molecule has 1 unspecified atom stereocenters. The van der Waals surface area contributed by atoms with E-state index >= 15 is 0 Å². The van der Waals surface area contributed by atoms with Crippen LogP contribution >= 0.6 is 0 Å². The standard InChI is InChI=1S/C14H34OSi2/c1-8-9-11-14(15-17(5,6)7)12-10-13-16(2,3)4/h14H,8-13H2,1-7H3. The van der Waals surface area contributed by atoms with Crippen molar-refractivity contribution in [1.82, 2.24) is 0 Å². The third kappa shape index (κ3) is 12.6. The van der Waals surface area contributed by atoms with Gasteiger partial charge in [-0.1, -0.05) is 51.9 Å². The average Bonchev–Trinajstić information content (AvgIpc) is 2.09. The van der Waals surface area contributed by atoms with Crippen LogP contribution in [0.3, 0.4) is 0 Å². The SMILES string of the molecule is CCCCC(CCC[Si](C)(C)C)O[Si](C)(C)C. The topological polar surface area (TPSA) is 9.23 Å². The van der Waals surface area contributed by atoms with Crippen LogP contribution in [0.4, 0.5) is 0 Å². The quantitative estimate of drug-likeness (QED) is 0.503. The van der Waals surface area contributed by atoms with E-state index in [0.717, 1.165) is 0 Å². The molecule has 1 nitrogen and oxygen atoms in total. The van der Waals surface area contributed by atoms with E-state index in [1.807, 2.05) is 0 Å². The molecule has 104 valence electrons. The summed E-state index contributed by atoms with van der Waals surface area (Å²) >= 11 is 0. The molecule has 0 aromatic rings. The van der Waals surface area contributed by atoms with E-state index in [1.165, 1.54) is 38.1 Å². The van der Waals surface area contributed by atoms with E-state index in [0.29, 0.717) is 6.10 Å². The highest BCUT2D eigenvalue weighted by Gasteiger charge is 2.21. The second-order valence-electron chi connectivity index (χ2n) is 7.45. The van der Waals surface area contributed by atoms with Gasteiger partial charge in [0.2, 0.25) is 0 Å². The van der Waals surface area contributed by atoms with Gasteiger partial charge in [-0.25, -0.2) is 0 Å². The first-order valence-electron chi connectivity index (χ1n) is 7.32. The summed E-state index contributed by atoms with van der Waals surface area (Å²) < 4.78 is 6.31. The maximum Gasteiger partial charge on any atom is 0.184 e. The first-order valence-corrected chi connectivity index (χ1v) is 14.4. The molecule has 0 rings (SSSR count). The molecule has 0 saturated carbocycles. The highest BCUT2D eigenvalue weighted by atomic mass is 28.4. The maximum absolute atomic E-state index is 6.31. The summed E-state index contributed by atoms with van der Waals surface area (Å²) in [5, 5.41) is 0. The highest BCUT2D eigenvalue weighted by molar-refractivity contribution is 6.76. The van der Waals surface area contributed by atoms with Crippen molar-refractivity contribution in [3.8, 4) is 0 Å². The molecule has 0 heterocycles. The molecule has 0 N–H and O–H groups in total. The van der Waals surface area contributed by atoms with Crippen molar-refractivity contribution in [2.24, 2.45) is 0 Å². The third-order valence-electron chi connectivity index (χ3n) is 2.85. The third-order valence-corrected chi connectivity index (χ3v) is 5.75. The van der Waals surface area contributed by atoms with Crippen molar-refractivity contribution in [3.05, 3.63) is 0 Å². The summed E-state index contributed by atoms with van der Waals surface area (Å²) in [6.07, 6.45) is 7.08. The van der Waals surface area contributed by atoms with Gasteiger partial charge >= 0.3 is 0 Å². The van der Waals surface area contributed by atoms with Crippen molar-refractivity contribution in [3.63, 3.8) is 0 Å². The van der Waals surface area contributed by atoms with Crippen molar-refractivity contribution >= 4 is 16.4 Å². The Morgan fingerprint density at radius 2 is 1.41 bits per heavy atom. The Balaban J connectivity index is 4.02.